The van der Waals surface area contributed by atoms with E-state index in [0.29, 0.717) is 0 Å². The van der Waals surface area contributed by atoms with Gasteiger partial charge in [0, 0.05) is 4.90 Å². The summed E-state index contributed by atoms with van der Waals surface area (Å²) in [5.74, 6) is 0. The maximum atomic E-state index is 11.2. The van der Waals surface area contributed by atoms with Gasteiger partial charge in [0.05, 0.1) is 0 Å². The van der Waals surface area contributed by atoms with Gasteiger partial charge in [-0.2, -0.15) is 25.8 Å². The second-order valence-electron chi connectivity index (χ2n) is 4.96. The molecule has 0 atom stereocenters. The summed E-state index contributed by atoms with van der Waals surface area (Å²) in [6.07, 6.45) is -4.87. The third-order valence-corrected chi connectivity index (χ3v) is 3.95. The lowest BCUT2D eigenvalue weighted by atomic mass is 10.1. The average Bonchev–Trinajstić information content (AvgIpc) is 2.55. The molecule has 168 valence electrons. The highest BCUT2D eigenvalue weighted by molar-refractivity contribution is 7.87. The molecule has 0 aliphatic rings. The quantitative estimate of drug-likeness (QED) is 0.298. The summed E-state index contributed by atoms with van der Waals surface area (Å²) in [5, 5.41) is 0. The molecule has 0 radical (unpaired) electrons. The molecule has 6 nitrogen and oxygen atoms in total. The minimum atomic E-state index is -6.58. The van der Waals surface area contributed by atoms with Crippen molar-refractivity contribution in [1.29, 1.82) is 0 Å². The van der Waals surface area contributed by atoms with Crippen LogP contribution in [-0.2, 0) is 31.3 Å². The highest BCUT2D eigenvalue weighted by Crippen LogP contribution is 2.30. The monoisotopic (exact) mass is 498 g/mol. The number of hydrogen-bond acceptors (Lipinski definition) is 7. The van der Waals surface area contributed by atoms with Gasteiger partial charge in [0.15, 0.2) is 0 Å². The second kappa shape index (κ2) is 11.9. The Bertz CT molecular complexity index is 980. The van der Waals surface area contributed by atoms with E-state index in [-0.39, 0.29) is 0 Å². The fourth-order valence-electron chi connectivity index (χ4n) is 1.62. The summed E-state index contributed by atoms with van der Waals surface area (Å²) in [6.45, 7) is 0. The number of hydrogen-bond donors (Lipinski definition) is 1. The Labute approximate surface area is 174 Å². The average molecular weight is 498 g/mol. The lowest BCUT2D eigenvalue weighted by Gasteiger charge is -2.09. The van der Waals surface area contributed by atoms with E-state index in [1.165, 1.54) is 11.1 Å². The van der Waals surface area contributed by atoms with Crippen molar-refractivity contribution < 1.29 is 51.6 Å². The Morgan fingerprint density at radius 2 is 1.20 bits per heavy atom. The molecule has 2 rings (SSSR count). The van der Waals surface area contributed by atoms with Crippen molar-refractivity contribution >= 4 is 33.4 Å². The Hall–Kier alpha value is -2.10. The van der Waals surface area contributed by atoms with Crippen LogP contribution in [0.3, 0.4) is 0 Å². The predicted octanol–water partition coefficient (Wildman–Crippen LogP) is 3.93. The second-order valence-corrected chi connectivity index (χ2v) is 7.42. The van der Waals surface area contributed by atoms with Crippen LogP contribution >= 0.6 is 12.6 Å². The summed E-state index contributed by atoms with van der Waals surface area (Å²) in [4.78, 5) is 1.02. The molecule has 0 amide bonds. The van der Waals surface area contributed by atoms with Crippen LogP contribution in [0.2, 0.25) is 0 Å². The van der Waals surface area contributed by atoms with Crippen molar-refractivity contribution in [3.8, 4) is 0 Å². The molecule has 0 saturated heterocycles. The first kappa shape index (κ1) is 27.9. The zero-order valence-electron chi connectivity index (χ0n) is 14.4. The van der Waals surface area contributed by atoms with E-state index in [0.717, 1.165) is 11.3 Å². The summed E-state index contributed by atoms with van der Waals surface area (Å²) in [7, 11) is -9.69. The molecule has 2 aromatic rings. The Balaban J connectivity index is 0.000000483. The molecule has 0 aromatic heterocycles. The Morgan fingerprint density at radius 3 is 1.53 bits per heavy atom. The molecule has 0 fully saturated rings. The topological polar surface area (TPSA) is 94.6 Å². The molecule has 0 spiro atoms. The summed E-state index contributed by atoms with van der Waals surface area (Å²) < 4.78 is 113. The van der Waals surface area contributed by atoms with Crippen LogP contribution in [0, 0.1) is 0 Å². The van der Waals surface area contributed by atoms with E-state index in [1.54, 1.807) is 0 Å². The first-order chi connectivity index (χ1) is 13.5. The predicted molar refractivity (Wildman–Crippen MR) is 94.8 cm³/mol. The lowest BCUT2D eigenvalue weighted by molar-refractivity contribution is -0.277. The fraction of sp³-hybridized carbons (Fsp3) is 0.200. The molecular weight excluding hydrogens is 486 g/mol. The van der Waals surface area contributed by atoms with Gasteiger partial charge in [0.1, 0.15) is 0 Å². The van der Waals surface area contributed by atoms with Gasteiger partial charge in [-0.3, -0.25) is 0 Å². The van der Waals surface area contributed by atoms with Gasteiger partial charge in [-0.05, 0) is 29.7 Å². The van der Waals surface area contributed by atoms with Crippen molar-refractivity contribution in [1.82, 2.24) is 0 Å². The van der Waals surface area contributed by atoms with Gasteiger partial charge in [-0.25, -0.2) is 0 Å². The van der Waals surface area contributed by atoms with E-state index in [4.69, 9.17) is 12.6 Å². The van der Waals surface area contributed by atoms with Crippen LogP contribution in [-0.4, -0.2) is 32.9 Å². The van der Waals surface area contributed by atoms with E-state index in [2.05, 4.69) is 49.0 Å². The van der Waals surface area contributed by atoms with E-state index in [9.17, 15) is 34.8 Å². The standard InChI is InChI=1S/C13H12S.C2F6O3S.O3S/c14-13-8-6-12(7-9-13)10-11-4-2-1-3-5-11;3-1(4,5)11-12(9,10)2(6,7)8;1-4(2)3/h1-9,14H,10H2;;. The summed E-state index contributed by atoms with van der Waals surface area (Å²) in [5.41, 5.74) is -3.39. The minimum Gasteiger partial charge on any atom is -0.189 e. The molecular formula is C15H12F6O6S3. The lowest BCUT2D eigenvalue weighted by Crippen LogP contribution is -2.31. The fourth-order valence-corrected chi connectivity index (χ4v) is 2.11. The number of halogens is 6. The van der Waals surface area contributed by atoms with E-state index >= 15 is 0 Å². The van der Waals surface area contributed by atoms with Crippen molar-refractivity contribution in [3.05, 3.63) is 65.7 Å². The zero-order chi connectivity index (χ0) is 23.6. The molecule has 30 heavy (non-hydrogen) atoms. The van der Waals surface area contributed by atoms with Crippen molar-refractivity contribution in [2.45, 2.75) is 23.2 Å². The van der Waals surface area contributed by atoms with Crippen LogP contribution in [0.25, 0.3) is 0 Å². The van der Waals surface area contributed by atoms with E-state index in [1.807, 2.05) is 22.4 Å². The number of alkyl halides is 6. The van der Waals surface area contributed by atoms with Crippen LogP contribution in [0.1, 0.15) is 11.1 Å². The number of thiol groups is 1. The third-order valence-electron chi connectivity index (χ3n) is 2.68. The molecule has 15 heteroatoms. The van der Waals surface area contributed by atoms with Crippen LogP contribution < -0.4 is 0 Å². The Kier molecular flexibility index (Phi) is 11.1. The summed E-state index contributed by atoms with van der Waals surface area (Å²) >= 11 is 4.26. The van der Waals surface area contributed by atoms with Gasteiger partial charge >= 0.3 is 32.6 Å². The van der Waals surface area contributed by atoms with Crippen molar-refractivity contribution in [2.75, 3.05) is 0 Å². The molecule has 2 aromatic carbocycles. The number of rotatable bonds is 3. The van der Waals surface area contributed by atoms with Gasteiger partial charge in [-0.15, -0.1) is 38.4 Å². The van der Waals surface area contributed by atoms with Gasteiger partial charge in [0.25, 0.3) is 0 Å². The molecule has 0 heterocycles. The molecule has 0 aliphatic carbocycles. The highest BCUT2D eigenvalue weighted by Gasteiger charge is 2.53. The molecule has 0 saturated carbocycles. The summed E-state index contributed by atoms with van der Waals surface area (Å²) in [6, 6.07) is 18.8. The SMILES string of the molecule is O=S(=O)(OC(F)(F)F)C(F)(F)F.O=S(=O)=O.Sc1ccc(Cc2ccccc2)cc1. The van der Waals surface area contributed by atoms with Crippen molar-refractivity contribution in [3.63, 3.8) is 0 Å². The largest absolute Gasteiger partial charge is 0.537 e. The van der Waals surface area contributed by atoms with Gasteiger partial charge < -0.3 is 0 Å². The van der Waals surface area contributed by atoms with Crippen molar-refractivity contribution in [2.24, 2.45) is 0 Å². The first-order valence-electron chi connectivity index (χ1n) is 7.20. The van der Waals surface area contributed by atoms with Gasteiger partial charge in [-0.1, -0.05) is 42.5 Å². The molecule has 0 bridgehead atoms. The maximum absolute atomic E-state index is 11.2. The van der Waals surface area contributed by atoms with Crippen LogP contribution in [0.5, 0.6) is 0 Å². The van der Waals surface area contributed by atoms with Gasteiger partial charge in [0.2, 0.25) is 0 Å². The number of benzene rings is 2. The smallest absolute Gasteiger partial charge is 0.189 e. The normalized spacial score (nSPS) is 11.4. The molecule has 0 aliphatic heterocycles. The molecule has 0 N–H and O–H groups in total. The highest BCUT2D eigenvalue weighted by atomic mass is 32.2. The molecule has 0 unspecified atom stereocenters. The van der Waals surface area contributed by atoms with Crippen LogP contribution in [0.15, 0.2) is 59.5 Å². The first-order valence-corrected chi connectivity index (χ1v) is 10.1. The Morgan fingerprint density at radius 1 is 0.800 bits per heavy atom. The zero-order valence-corrected chi connectivity index (χ0v) is 16.9. The minimum absolute atomic E-state index is 0.995. The van der Waals surface area contributed by atoms with Crippen LogP contribution in [0.4, 0.5) is 26.3 Å². The van der Waals surface area contributed by atoms with E-state index < -0.39 is 32.6 Å². The maximum Gasteiger partial charge on any atom is 0.537 e. The third kappa shape index (κ3) is 13.2.